The average Bonchev–Trinajstić information content (AvgIpc) is 2.65. The molecule has 0 spiro atoms. The van der Waals surface area contributed by atoms with Gasteiger partial charge in [0.2, 0.25) is 0 Å². The Labute approximate surface area is 125 Å². The van der Waals surface area contributed by atoms with Gasteiger partial charge < -0.3 is 9.47 Å². The first kappa shape index (κ1) is 15.4. The first-order chi connectivity index (χ1) is 9.63. The number of hydrogen-bond donors (Lipinski definition) is 0. The molecule has 1 aromatic rings. The van der Waals surface area contributed by atoms with Crippen molar-refractivity contribution in [3.63, 3.8) is 0 Å². The molecule has 1 aromatic heterocycles. The lowest BCUT2D eigenvalue weighted by molar-refractivity contribution is 0.505. The van der Waals surface area contributed by atoms with Gasteiger partial charge in [-0.3, -0.25) is 4.79 Å². The molecule has 1 saturated heterocycles. The van der Waals surface area contributed by atoms with Crippen molar-refractivity contribution in [3.05, 3.63) is 22.7 Å². The van der Waals surface area contributed by atoms with E-state index < -0.39 is 0 Å². The number of rotatable bonds is 4. The van der Waals surface area contributed by atoms with Gasteiger partial charge in [-0.1, -0.05) is 26.7 Å². The Morgan fingerprint density at radius 3 is 2.90 bits per heavy atom. The van der Waals surface area contributed by atoms with Crippen molar-refractivity contribution in [2.45, 2.75) is 52.1 Å². The zero-order valence-electron chi connectivity index (χ0n) is 12.4. The summed E-state index contributed by atoms with van der Waals surface area (Å²) >= 11 is 6.10. The number of anilines is 1. The summed E-state index contributed by atoms with van der Waals surface area (Å²) in [6, 6.07) is 0.231. The van der Waals surface area contributed by atoms with Crippen molar-refractivity contribution >= 4 is 17.4 Å². The van der Waals surface area contributed by atoms with Crippen LogP contribution in [0.2, 0.25) is 0 Å². The van der Waals surface area contributed by atoms with E-state index in [0.29, 0.717) is 17.6 Å². The molecule has 0 amide bonds. The van der Waals surface area contributed by atoms with Crippen LogP contribution in [0.1, 0.15) is 39.5 Å². The Morgan fingerprint density at radius 2 is 2.20 bits per heavy atom. The largest absolute Gasteiger partial charge is 0.348 e. The molecule has 0 radical (unpaired) electrons. The van der Waals surface area contributed by atoms with Crippen LogP contribution < -0.4 is 10.5 Å². The van der Waals surface area contributed by atoms with Crippen molar-refractivity contribution in [3.8, 4) is 0 Å². The first-order valence-corrected chi connectivity index (χ1v) is 8.05. The second-order valence-electron chi connectivity index (χ2n) is 5.95. The standard InChI is InChI=1S/C15H24ClN3O/c1-12(2)11-18-9-7-17-14(15(18)20)19-8-5-3-4-6-13(19)10-16/h7,9,12-13H,3-6,8,10-11H2,1-2H3. The summed E-state index contributed by atoms with van der Waals surface area (Å²) in [6.07, 6.45) is 8.05. The van der Waals surface area contributed by atoms with Crippen LogP contribution >= 0.6 is 11.6 Å². The molecule has 0 saturated carbocycles. The molecule has 0 aliphatic carbocycles. The quantitative estimate of drug-likeness (QED) is 0.802. The predicted octanol–water partition coefficient (Wildman–Crippen LogP) is 2.89. The molecular weight excluding hydrogens is 274 g/mol. The van der Waals surface area contributed by atoms with Gasteiger partial charge in [0.1, 0.15) is 0 Å². The molecule has 5 heteroatoms. The fraction of sp³-hybridized carbons (Fsp3) is 0.733. The average molecular weight is 298 g/mol. The molecule has 2 rings (SSSR count). The summed E-state index contributed by atoms with van der Waals surface area (Å²) in [6.45, 7) is 5.83. The van der Waals surface area contributed by atoms with Gasteiger partial charge in [0.25, 0.3) is 5.56 Å². The first-order valence-electron chi connectivity index (χ1n) is 7.51. The zero-order valence-corrected chi connectivity index (χ0v) is 13.1. The van der Waals surface area contributed by atoms with Gasteiger partial charge in [0, 0.05) is 37.4 Å². The maximum absolute atomic E-state index is 12.6. The molecule has 0 aromatic carbocycles. The fourth-order valence-electron chi connectivity index (χ4n) is 2.79. The fourth-order valence-corrected chi connectivity index (χ4v) is 3.11. The third kappa shape index (κ3) is 3.54. The van der Waals surface area contributed by atoms with E-state index in [4.69, 9.17) is 11.6 Å². The Hall–Kier alpha value is -1.03. The van der Waals surface area contributed by atoms with Crippen LogP contribution in [0.5, 0.6) is 0 Å². The van der Waals surface area contributed by atoms with E-state index in [0.717, 1.165) is 25.9 Å². The van der Waals surface area contributed by atoms with Crippen LogP contribution in [-0.4, -0.2) is 28.0 Å². The molecule has 1 aliphatic rings. The van der Waals surface area contributed by atoms with Crippen molar-refractivity contribution in [2.24, 2.45) is 5.92 Å². The van der Waals surface area contributed by atoms with Gasteiger partial charge >= 0.3 is 0 Å². The molecular formula is C15H24ClN3O. The Balaban J connectivity index is 2.32. The third-order valence-electron chi connectivity index (χ3n) is 3.78. The minimum absolute atomic E-state index is 0.0122. The highest BCUT2D eigenvalue weighted by Crippen LogP contribution is 2.21. The highest BCUT2D eigenvalue weighted by atomic mass is 35.5. The lowest BCUT2D eigenvalue weighted by Crippen LogP contribution is -2.41. The Morgan fingerprint density at radius 1 is 1.40 bits per heavy atom. The summed E-state index contributed by atoms with van der Waals surface area (Å²) in [7, 11) is 0. The predicted molar refractivity (Wildman–Crippen MR) is 83.7 cm³/mol. The van der Waals surface area contributed by atoms with Gasteiger partial charge in [-0.2, -0.15) is 0 Å². The van der Waals surface area contributed by atoms with Crippen molar-refractivity contribution in [2.75, 3.05) is 17.3 Å². The van der Waals surface area contributed by atoms with Crippen molar-refractivity contribution in [1.82, 2.24) is 9.55 Å². The number of nitrogens with zero attached hydrogens (tertiary/aromatic N) is 3. The maximum Gasteiger partial charge on any atom is 0.293 e. The minimum Gasteiger partial charge on any atom is -0.348 e. The minimum atomic E-state index is 0.0122. The van der Waals surface area contributed by atoms with E-state index in [2.05, 4.69) is 23.7 Å². The lowest BCUT2D eigenvalue weighted by atomic mass is 10.1. The van der Waals surface area contributed by atoms with Crippen LogP contribution in [0, 0.1) is 5.92 Å². The van der Waals surface area contributed by atoms with Crippen molar-refractivity contribution < 1.29 is 0 Å². The topological polar surface area (TPSA) is 38.1 Å². The van der Waals surface area contributed by atoms with Gasteiger partial charge in [0.15, 0.2) is 5.82 Å². The maximum atomic E-state index is 12.6. The van der Waals surface area contributed by atoms with E-state index in [1.807, 2.05) is 0 Å². The van der Waals surface area contributed by atoms with Crippen LogP contribution in [0.15, 0.2) is 17.2 Å². The van der Waals surface area contributed by atoms with Gasteiger partial charge in [-0.25, -0.2) is 4.98 Å². The number of hydrogen-bond acceptors (Lipinski definition) is 3. The number of halogens is 1. The normalized spacial score (nSPS) is 20.2. The smallest absolute Gasteiger partial charge is 0.293 e. The highest BCUT2D eigenvalue weighted by molar-refractivity contribution is 6.18. The second-order valence-corrected chi connectivity index (χ2v) is 6.26. The van der Waals surface area contributed by atoms with Gasteiger partial charge in [-0.05, 0) is 18.8 Å². The molecule has 0 N–H and O–H groups in total. The Kier molecular flexibility index (Phi) is 5.46. The van der Waals surface area contributed by atoms with E-state index >= 15 is 0 Å². The third-order valence-corrected chi connectivity index (χ3v) is 4.14. The molecule has 1 fully saturated rings. The molecule has 112 valence electrons. The number of alkyl halides is 1. The molecule has 4 nitrogen and oxygen atoms in total. The van der Waals surface area contributed by atoms with Crippen LogP contribution in [0.3, 0.4) is 0 Å². The molecule has 20 heavy (non-hydrogen) atoms. The summed E-state index contributed by atoms with van der Waals surface area (Å²) in [5.41, 5.74) is 0.0122. The van der Waals surface area contributed by atoms with E-state index in [1.165, 1.54) is 12.8 Å². The van der Waals surface area contributed by atoms with E-state index in [1.54, 1.807) is 17.0 Å². The summed E-state index contributed by atoms with van der Waals surface area (Å²) in [4.78, 5) is 19.1. The summed E-state index contributed by atoms with van der Waals surface area (Å²) < 4.78 is 1.77. The zero-order chi connectivity index (χ0) is 14.5. The molecule has 1 aliphatic heterocycles. The highest BCUT2D eigenvalue weighted by Gasteiger charge is 2.24. The number of aromatic nitrogens is 2. The van der Waals surface area contributed by atoms with Gasteiger partial charge in [0.05, 0.1) is 0 Å². The monoisotopic (exact) mass is 297 g/mol. The summed E-state index contributed by atoms with van der Waals surface area (Å²) in [5.74, 6) is 1.57. The van der Waals surface area contributed by atoms with Crippen LogP contribution in [-0.2, 0) is 6.54 Å². The SMILES string of the molecule is CC(C)Cn1ccnc(N2CCCCCC2CCl)c1=O. The van der Waals surface area contributed by atoms with Gasteiger partial charge in [-0.15, -0.1) is 11.6 Å². The molecule has 2 heterocycles. The van der Waals surface area contributed by atoms with Crippen molar-refractivity contribution in [1.29, 1.82) is 0 Å². The van der Waals surface area contributed by atoms with E-state index in [9.17, 15) is 4.79 Å². The summed E-state index contributed by atoms with van der Waals surface area (Å²) in [5, 5.41) is 0. The molecule has 1 atom stereocenters. The Bertz CT molecular complexity index is 486. The molecule has 1 unspecified atom stereocenters. The van der Waals surface area contributed by atoms with E-state index in [-0.39, 0.29) is 11.6 Å². The lowest BCUT2D eigenvalue weighted by Gasteiger charge is -2.29. The molecule has 0 bridgehead atoms. The van der Waals surface area contributed by atoms with Crippen LogP contribution in [0.4, 0.5) is 5.82 Å². The van der Waals surface area contributed by atoms with Crippen LogP contribution in [0.25, 0.3) is 0 Å². The second kappa shape index (κ2) is 7.11.